The zero-order valence-corrected chi connectivity index (χ0v) is 10.5. The maximum atomic E-state index is 11.8. The van der Waals surface area contributed by atoms with Gasteiger partial charge in [0.2, 0.25) is 5.91 Å². The van der Waals surface area contributed by atoms with E-state index in [-0.39, 0.29) is 18.9 Å². The summed E-state index contributed by atoms with van der Waals surface area (Å²) in [5.41, 5.74) is 11.7. The van der Waals surface area contributed by atoms with E-state index in [1.807, 2.05) is 6.92 Å². The Hall–Kier alpha value is -1.89. The molecule has 100 valence electrons. The quantitative estimate of drug-likeness (QED) is 0.586. The van der Waals surface area contributed by atoms with Crippen LogP contribution in [0.4, 0.5) is 0 Å². The lowest BCUT2D eigenvalue weighted by atomic mass is 10.2. The van der Waals surface area contributed by atoms with Gasteiger partial charge in [0, 0.05) is 25.2 Å². The molecule has 18 heavy (non-hydrogen) atoms. The molecule has 0 bridgehead atoms. The van der Waals surface area contributed by atoms with Crippen molar-refractivity contribution in [2.24, 2.45) is 11.5 Å². The van der Waals surface area contributed by atoms with Crippen molar-refractivity contribution in [1.82, 2.24) is 15.1 Å². The molecule has 1 aromatic rings. The second-order valence-corrected chi connectivity index (χ2v) is 3.98. The first-order valence-corrected chi connectivity index (χ1v) is 5.85. The number of rotatable bonds is 7. The van der Waals surface area contributed by atoms with Crippen LogP contribution in [-0.2, 0) is 11.3 Å². The smallest absolute Gasteiger partial charge is 0.254 e. The molecular weight excluding hydrogens is 234 g/mol. The molecule has 7 nitrogen and oxygen atoms in total. The van der Waals surface area contributed by atoms with Crippen LogP contribution in [0.25, 0.3) is 0 Å². The van der Waals surface area contributed by atoms with E-state index in [4.69, 9.17) is 11.5 Å². The van der Waals surface area contributed by atoms with Crippen LogP contribution >= 0.6 is 0 Å². The summed E-state index contributed by atoms with van der Waals surface area (Å²) in [5.74, 6) is -0.682. The van der Waals surface area contributed by atoms with Gasteiger partial charge in [-0.25, -0.2) is 0 Å². The summed E-state index contributed by atoms with van der Waals surface area (Å²) in [4.78, 5) is 22.3. The van der Waals surface area contributed by atoms with Crippen molar-refractivity contribution in [3.63, 3.8) is 0 Å². The standard InChI is InChI=1S/C11H19N5O2/c1-8-9(7-15-16(8)6-2-4-12)11(18)14-5-3-10(13)17/h7H,2-6,12H2,1H3,(H2,13,17)(H,14,18). The third-order valence-electron chi connectivity index (χ3n) is 2.58. The van der Waals surface area contributed by atoms with Crippen LogP contribution < -0.4 is 16.8 Å². The second-order valence-electron chi connectivity index (χ2n) is 3.98. The van der Waals surface area contributed by atoms with Crippen LogP contribution in [0.2, 0.25) is 0 Å². The van der Waals surface area contributed by atoms with Crippen LogP contribution in [0, 0.1) is 6.92 Å². The third-order valence-corrected chi connectivity index (χ3v) is 2.58. The number of aryl methyl sites for hydroxylation is 1. The number of amides is 2. The van der Waals surface area contributed by atoms with Gasteiger partial charge in [0.15, 0.2) is 0 Å². The molecule has 5 N–H and O–H groups in total. The van der Waals surface area contributed by atoms with Gasteiger partial charge in [-0.05, 0) is 19.9 Å². The normalized spacial score (nSPS) is 10.3. The monoisotopic (exact) mass is 253 g/mol. The van der Waals surface area contributed by atoms with Crippen molar-refractivity contribution in [2.45, 2.75) is 26.3 Å². The number of primary amides is 1. The second kappa shape index (κ2) is 6.75. The highest BCUT2D eigenvalue weighted by molar-refractivity contribution is 5.95. The molecule has 0 spiro atoms. The van der Waals surface area contributed by atoms with Crippen molar-refractivity contribution >= 4 is 11.8 Å². The maximum Gasteiger partial charge on any atom is 0.254 e. The molecule has 2 amide bonds. The van der Waals surface area contributed by atoms with E-state index >= 15 is 0 Å². The highest BCUT2D eigenvalue weighted by Gasteiger charge is 2.13. The number of carbonyl (C=O) groups is 2. The van der Waals surface area contributed by atoms with E-state index in [1.165, 1.54) is 6.20 Å². The van der Waals surface area contributed by atoms with Gasteiger partial charge in [-0.3, -0.25) is 14.3 Å². The van der Waals surface area contributed by atoms with Gasteiger partial charge >= 0.3 is 0 Å². The lowest BCUT2D eigenvalue weighted by Gasteiger charge is -2.05. The third kappa shape index (κ3) is 3.85. The summed E-state index contributed by atoms with van der Waals surface area (Å²) in [6, 6.07) is 0. The minimum atomic E-state index is -0.439. The number of carbonyl (C=O) groups excluding carboxylic acids is 2. The first-order chi connectivity index (χ1) is 8.56. The molecule has 0 saturated heterocycles. The zero-order valence-electron chi connectivity index (χ0n) is 10.5. The lowest BCUT2D eigenvalue weighted by molar-refractivity contribution is -0.117. The van der Waals surface area contributed by atoms with E-state index in [0.717, 1.165) is 12.1 Å². The molecule has 0 aliphatic carbocycles. The molecular formula is C11H19N5O2. The number of hydrogen-bond acceptors (Lipinski definition) is 4. The minimum absolute atomic E-state index is 0.131. The SMILES string of the molecule is Cc1c(C(=O)NCCC(N)=O)cnn1CCCN. The molecule has 0 atom stereocenters. The Kier molecular flexibility index (Phi) is 5.31. The van der Waals surface area contributed by atoms with Gasteiger partial charge < -0.3 is 16.8 Å². The maximum absolute atomic E-state index is 11.8. The number of nitrogens with two attached hydrogens (primary N) is 2. The average molecular weight is 253 g/mol. The first-order valence-electron chi connectivity index (χ1n) is 5.85. The fraction of sp³-hybridized carbons (Fsp3) is 0.545. The fourth-order valence-electron chi connectivity index (χ4n) is 1.53. The summed E-state index contributed by atoms with van der Waals surface area (Å²) >= 11 is 0. The van der Waals surface area contributed by atoms with Crippen LogP contribution in [0.15, 0.2) is 6.20 Å². The molecule has 1 heterocycles. The van der Waals surface area contributed by atoms with Gasteiger partial charge in [0.05, 0.1) is 11.8 Å². The molecule has 1 rings (SSSR count). The molecule has 7 heteroatoms. The van der Waals surface area contributed by atoms with E-state index in [1.54, 1.807) is 4.68 Å². The molecule has 0 aromatic carbocycles. The Bertz CT molecular complexity index is 427. The largest absolute Gasteiger partial charge is 0.370 e. The van der Waals surface area contributed by atoms with E-state index in [0.29, 0.717) is 18.7 Å². The van der Waals surface area contributed by atoms with Gasteiger partial charge in [0.25, 0.3) is 5.91 Å². The minimum Gasteiger partial charge on any atom is -0.370 e. The number of hydrogen-bond donors (Lipinski definition) is 3. The molecule has 0 aliphatic rings. The fourth-order valence-corrected chi connectivity index (χ4v) is 1.53. The first kappa shape index (κ1) is 14.2. The average Bonchev–Trinajstić information content (AvgIpc) is 2.67. The van der Waals surface area contributed by atoms with Crippen molar-refractivity contribution < 1.29 is 9.59 Å². The summed E-state index contributed by atoms with van der Waals surface area (Å²) in [5, 5.41) is 6.75. The molecule has 0 radical (unpaired) electrons. The van der Waals surface area contributed by atoms with Crippen LogP contribution in [0.1, 0.15) is 28.9 Å². The summed E-state index contributed by atoms with van der Waals surface area (Å²) in [6.45, 7) is 3.34. The predicted octanol–water partition coefficient (Wildman–Crippen LogP) is -0.854. The Balaban J connectivity index is 2.57. The molecule has 0 aliphatic heterocycles. The Morgan fingerprint density at radius 1 is 1.50 bits per heavy atom. The highest BCUT2D eigenvalue weighted by Crippen LogP contribution is 2.07. The number of aromatic nitrogens is 2. The van der Waals surface area contributed by atoms with E-state index < -0.39 is 5.91 Å². The molecule has 1 aromatic heterocycles. The van der Waals surface area contributed by atoms with Gasteiger partial charge in [-0.1, -0.05) is 0 Å². The molecule has 0 saturated carbocycles. The Morgan fingerprint density at radius 2 is 2.22 bits per heavy atom. The number of nitrogens with zero attached hydrogens (tertiary/aromatic N) is 2. The van der Waals surface area contributed by atoms with Crippen LogP contribution in [0.3, 0.4) is 0 Å². The predicted molar refractivity (Wildman–Crippen MR) is 66.8 cm³/mol. The van der Waals surface area contributed by atoms with Gasteiger partial charge in [-0.15, -0.1) is 0 Å². The zero-order chi connectivity index (χ0) is 13.5. The topological polar surface area (TPSA) is 116 Å². The summed E-state index contributed by atoms with van der Waals surface area (Å²) in [6.07, 6.45) is 2.46. The lowest BCUT2D eigenvalue weighted by Crippen LogP contribution is -2.28. The Morgan fingerprint density at radius 3 is 2.83 bits per heavy atom. The summed E-state index contributed by atoms with van der Waals surface area (Å²) in [7, 11) is 0. The van der Waals surface area contributed by atoms with Crippen molar-refractivity contribution in [1.29, 1.82) is 0 Å². The van der Waals surface area contributed by atoms with Crippen LogP contribution in [-0.4, -0.2) is 34.7 Å². The van der Waals surface area contributed by atoms with Crippen molar-refractivity contribution in [3.8, 4) is 0 Å². The highest BCUT2D eigenvalue weighted by atomic mass is 16.2. The van der Waals surface area contributed by atoms with E-state index in [2.05, 4.69) is 10.4 Å². The Labute approximate surface area is 106 Å². The van der Waals surface area contributed by atoms with Crippen molar-refractivity contribution in [2.75, 3.05) is 13.1 Å². The van der Waals surface area contributed by atoms with E-state index in [9.17, 15) is 9.59 Å². The summed E-state index contributed by atoms with van der Waals surface area (Å²) < 4.78 is 1.75. The van der Waals surface area contributed by atoms with Gasteiger partial charge in [0.1, 0.15) is 0 Å². The molecule has 0 fully saturated rings. The van der Waals surface area contributed by atoms with Gasteiger partial charge in [-0.2, -0.15) is 5.10 Å². The number of nitrogens with one attached hydrogen (secondary N) is 1. The van der Waals surface area contributed by atoms with Crippen LogP contribution in [0.5, 0.6) is 0 Å². The van der Waals surface area contributed by atoms with Crippen molar-refractivity contribution in [3.05, 3.63) is 17.5 Å². The molecule has 0 unspecified atom stereocenters.